The van der Waals surface area contributed by atoms with E-state index in [1.807, 2.05) is 19.1 Å². The van der Waals surface area contributed by atoms with Gasteiger partial charge in [0.15, 0.2) is 0 Å². The first-order valence-electron chi connectivity index (χ1n) is 7.67. The lowest BCUT2D eigenvalue weighted by Gasteiger charge is -2.38. The maximum absolute atomic E-state index is 10.1. The molecule has 0 unspecified atom stereocenters. The Morgan fingerprint density at radius 1 is 1.29 bits per heavy atom. The normalized spacial score (nSPS) is 18.9. The van der Waals surface area contributed by atoms with Gasteiger partial charge in [0, 0.05) is 35.9 Å². The average molecular weight is 311 g/mol. The molecule has 0 radical (unpaired) electrons. The van der Waals surface area contributed by atoms with Gasteiger partial charge < -0.3 is 15.3 Å². The van der Waals surface area contributed by atoms with Crippen LogP contribution in [0.15, 0.2) is 18.2 Å². The minimum absolute atomic E-state index is 0.0858. The molecule has 1 aliphatic rings. The third kappa shape index (κ3) is 4.87. The Morgan fingerprint density at radius 2 is 1.90 bits per heavy atom. The van der Waals surface area contributed by atoms with Crippen LogP contribution >= 0.6 is 11.6 Å². The first-order valence-corrected chi connectivity index (χ1v) is 8.05. The zero-order chi connectivity index (χ0) is 15.7. The fourth-order valence-electron chi connectivity index (χ4n) is 2.57. The van der Waals surface area contributed by atoms with Crippen molar-refractivity contribution in [3.63, 3.8) is 0 Å². The largest absolute Gasteiger partial charge is 0.390 e. The van der Waals surface area contributed by atoms with E-state index in [-0.39, 0.29) is 5.54 Å². The van der Waals surface area contributed by atoms with E-state index < -0.39 is 5.60 Å². The maximum atomic E-state index is 10.1. The van der Waals surface area contributed by atoms with Gasteiger partial charge >= 0.3 is 0 Å². The quantitative estimate of drug-likeness (QED) is 0.896. The highest BCUT2D eigenvalue weighted by atomic mass is 35.5. The lowest BCUT2D eigenvalue weighted by molar-refractivity contribution is 0.0351. The second kappa shape index (κ2) is 6.15. The summed E-state index contributed by atoms with van der Waals surface area (Å²) in [7, 11) is 0. The van der Waals surface area contributed by atoms with Gasteiger partial charge in [0.1, 0.15) is 0 Å². The number of anilines is 1. The number of nitrogens with one attached hydrogen (secondary N) is 1. The monoisotopic (exact) mass is 310 g/mol. The Hall–Kier alpha value is -0.770. The lowest BCUT2D eigenvalue weighted by Crippen LogP contribution is -2.43. The van der Waals surface area contributed by atoms with Gasteiger partial charge in [0.05, 0.1) is 5.60 Å². The summed E-state index contributed by atoms with van der Waals surface area (Å²) in [5.74, 6) is 0. The first kappa shape index (κ1) is 16.6. The third-order valence-electron chi connectivity index (χ3n) is 4.04. The van der Waals surface area contributed by atoms with Gasteiger partial charge in [-0.3, -0.25) is 0 Å². The summed E-state index contributed by atoms with van der Waals surface area (Å²) in [5, 5.41) is 14.4. The Bertz CT molecular complexity index is 484. The summed E-state index contributed by atoms with van der Waals surface area (Å²) in [4.78, 5) is 2.34. The fourth-order valence-corrected chi connectivity index (χ4v) is 2.74. The Balaban J connectivity index is 2.16. The number of hydrogen-bond acceptors (Lipinski definition) is 3. The summed E-state index contributed by atoms with van der Waals surface area (Å²) >= 11 is 6.19. The minimum atomic E-state index is -0.529. The smallest absolute Gasteiger partial charge is 0.0653 e. The molecule has 0 spiro atoms. The number of halogens is 1. The van der Waals surface area contributed by atoms with Crippen molar-refractivity contribution >= 4 is 17.3 Å². The van der Waals surface area contributed by atoms with Crippen LogP contribution in [0.25, 0.3) is 0 Å². The highest BCUT2D eigenvalue weighted by Crippen LogP contribution is 2.30. The van der Waals surface area contributed by atoms with Gasteiger partial charge in [-0.2, -0.15) is 0 Å². The molecule has 118 valence electrons. The second-order valence-corrected chi connectivity index (χ2v) is 7.80. The molecule has 0 aromatic heterocycles. The van der Waals surface area contributed by atoms with Gasteiger partial charge in [-0.15, -0.1) is 0 Å². The van der Waals surface area contributed by atoms with Crippen molar-refractivity contribution in [3.05, 3.63) is 28.8 Å². The van der Waals surface area contributed by atoms with Crippen molar-refractivity contribution in [1.82, 2.24) is 5.32 Å². The third-order valence-corrected chi connectivity index (χ3v) is 4.27. The van der Waals surface area contributed by atoms with E-state index in [9.17, 15) is 5.11 Å². The summed E-state index contributed by atoms with van der Waals surface area (Å²) in [6.07, 6.45) is 1.59. The first-order chi connectivity index (χ1) is 9.66. The molecule has 3 nitrogen and oxygen atoms in total. The van der Waals surface area contributed by atoms with Crippen molar-refractivity contribution in [2.24, 2.45) is 0 Å². The highest BCUT2D eigenvalue weighted by molar-refractivity contribution is 6.30. The molecule has 1 aromatic carbocycles. The van der Waals surface area contributed by atoms with E-state index in [4.69, 9.17) is 11.6 Å². The van der Waals surface area contributed by atoms with Crippen LogP contribution in [0.1, 0.15) is 46.1 Å². The molecular weight excluding hydrogens is 284 g/mol. The Labute approximate surface area is 133 Å². The van der Waals surface area contributed by atoms with Crippen LogP contribution in [0.2, 0.25) is 5.02 Å². The number of hydrogen-bond donors (Lipinski definition) is 2. The Morgan fingerprint density at radius 3 is 2.48 bits per heavy atom. The van der Waals surface area contributed by atoms with Crippen molar-refractivity contribution in [1.29, 1.82) is 0 Å². The van der Waals surface area contributed by atoms with Crippen molar-refractivity contribution in [3.8, 4) is 0 Å². The molecule has 1 heterocycles. The van der Waals surface area contributed by atoms with E-state index in [1.165, 1.54) is 11.3 Å². The number of piperidine rings is 1. The number of nitrogens with zero attached hydrogens (tertiary/aromatic N) is 1. The molecular formula is C17H27ClN2O. The molecule has 1 aliphatic heterocycles. The van der Waals surface area contributed by atoms with Gasteiger partial charge in [-0.05, 0) is 58.2 Å². The van der Waals surface area contributed by atoms with E-state index in [0.29, 0.717) is 0 Å². The van der Waals surface area contributed by atoms with E-state index in [1.54, 1.807) is 0 Å². The fraction of sp³-hybridized carbons (Fsp3) is 0.647. The second-order valence-electron chi connectivity index (χ2n) is 7.36. The van der Waals surface area contributed by atoms with Crippen LogP contribution in [0, 0.1) is 0 Å². The molecule has 1 fully saturated rings. The van der Waals surface area contributed by atoms with Crippen LogP contribution < -0.4 is 10.2 Å². The summed E-state index contributed by atoms with van der Waals surface area (Å²) in [6, 6.07) is 6.09. The number of aliphatic hydroxyl groups is 1. The van der Waals surface area contributed by atoms with Crippen LogP contribution in [0.4, 0.5) is 5.69 Å². The molecule has 2 rings (SSSR count). The maximum Gasteiger partial charge on any atom is 0.0653 e. The van der Waals surface area contributed by atoms with Crippen molar-refractivity contribution in [2.75, 3.05) is 18.0 Å². The molecule has 1 aromatic rings. The summed E-state index contributed by atoms with van der Waals surface area (Å²) in [6.45, 7) is 11.0. The van der Waals surface area contributed by atoms with Crippen molar-refractivity contribution < 1.29 is 5.11 Å². The van der Waals surface area contributed by atoms with Crippen LogP contribution in [-0.2, 0) is 6.54 Å². The molecule has 0 bridgehead atoms. The molecule has 4 heteroatoms. The average Bonchev–Trinajstić information content (AvgIpc) is 2.36. The van der Waals surface area contributed by atoms with Crippen LogP contribution in [0.3, 0.4) is 0 Å². The Kier molecular flexibility index (Phi) is 4.86. The molecule has 0 aliphatic carbocycles. The van der Waals surface area contributed by atoms with Crippen molar-refractivity contribution in [2.45, 2.75) is 58.2 Å². The highest BCUT2D eigenvalue weighted by Gasteiger charge is 2.28. The van der Waals surface area contributed by atoms with Gasteiger partial charge in [-0.1, -0.05) is 17.7 Å². The molecule has 21 heavy (non-hydrogen) atoms. The predicted molar refractivity (Wildman–Crippen MR) is 90.1 cm³/mol. The van der Waals surface area contributed by atoms with Crippen LogP contribution in [0.5, 0.6) is 0 Å². The summed E-state index contributed by atoms with van der Waals surface area (Å²) in [5.41, 5.74) is 2.01. The molecule has 0 atom stereocenters. The molecule has 0 amide bonds. The summed E-state index contributed by atoms with van der Waals surface area (Å²) < 4.78 is 0. The van der Waals surface area contributed by atoms with Gasteiger partial charge in [0.25, 0.3) is 0 Å². The zero-order valence-corrected chi connectivity index (χ0v) is 14.3. The molecule has 2 N–H and O–H groups in total. The lowest BCUT2D eigenvalue weighted by atomic mass is 9.93. The molecule has 0 saturated carbocycles. The SMILES string of the molecule is CC1(O)CCN(c2cc(Cl)ccc2CNC(C)(C)C)CC1. The van der Waals surface area contributed by atoms with E-state index >= 15 is 0 Å². The van der Waals surface area contributed by atoms with Gasteiger partial charge in [-0.25, -0.2) is 0 Å². The number of rotatable bonds is 3. The van der Waals surface area contributed by atoms with E-state index in [2.05, 4.69) is 37.1 Å². The van der Waals surface area contributed by atoms with Gasteiger partial charge in [0.2, 0.25) is 0 Å². The van der Waals surface area contributed by atoms with Crippen LogP contribution in [-0.4, -0.2) is 29.3 Å². The topological polar surface area (TPSA) is 35.5 Å². The zero-order valence-electron chi connectivity index (χ0n) is 13.5. The number of benzene rings is 1. The van der Waals surface area contributed by atoms with E-state index in [0.717, 1.165) is 37.5 Å². The standard InChI is InChI=1S/C17H27ClN2O/c1-16(2,3)19-12-13-5-6-14(18)11-15(13)20-9-7-17(4,21)8-10-20/h5-6,11,19,21H,7-10,12H2,1-4H3. The molecule has 1 saturated heterocycles. The predicted octanol–water partition coefficient (Wildman–Crippen LogP) is 3.58. The minimum Gasteiger partial charge on any atom is -0.390 e.